The van der Waals surface area contributed by atoms with Crippen LogP contribution in [-0.2, 0) is 9.59 Å². The Balaban J connectivity index is 2.58. The van der Waals surface area contributed by atoms with Crippen LogP contribution in [-0.4, -0.2) is 35.8 Å². The number of nitrogens with one attached hydrogen (secondary N) is 1. The van der Waals surface area contributed by atoms with Crippen molar-refractivity contribution >= 4 is 11.8 Å². The summed E-state index contributed by atoms with van der Waals surface area (Å²) in [6.07, 6.45) is 2.28. The number of carbonyl (C=O) groups is 2. The zero-order valence-electron chi connectivity index (χ0n) is 10.5. The highest BCUT2D eigenvalue weighted by molar-refractivity contribution is 5.88. The molecule has 0 aromatic carbocycles. The molecular weight excluding hydrogens is 204 g/mol. The third-order valence-electron chi connectivity index (χ3n) is 2.81. The Morgan fingerprint density at radius 1 is 1.44 bits per heavy atom. The first-order valence-corrected chi connectivity index (χ1v) is 6.13. The quantitative estimate of drug-likeness (QED) is 0.782. The van der Waals surface area contributed by atoms with Crippen LogP contribution in [0.4, 0.5) is 0 Å². The summed E-state index contributed by atoms with van der Waals surface area (Å²) in [4.78, 5) is 25.4. The van der Waals surface area contributed by atoms with Crippen molar-refractivity contribution in [2.24, 2.45) is 5.92 Å². The van der Waals surface area contributed by atoms with Gasteiger partial charge in [-0.05, 0) is 25.7 Å². The minimum absolute atomic E-state index is 0.00268. The lowest BCUT2D eigenvalue weighted by molar-refractivity contribution is -0.138. The maximum absolute atomic E-state index is 11.9. The van der Waals surface area contributed by atoms with Crippen molar-refractivity contribution in [1.29, 1.82) is 0 Å². The van der Waals surface area contributed by atoms with Crippen molar-refractivity contribution in [3.8, 4) is 0 Å². The van der Waals surface area contributed by atoms with Crippen LogP contribution in [0.5, 0.6) is 0 Å². The van der Waals surface area contributed by atoms with Gasteiger partial charge in [-0.1, -0.05) is 13.8 Å². The van der Waals surface area contributed by atoms with Crippen molar-refractivity contribution in [3.05, 3.63) is 0 Å². The van der Waals surface area contributed by atoms with Crippen LogP contribution in [0.3, 0.4) is 0 Å². The maximum Gasteiger partial charge on any atom is 0.242 e. The fraction of sp³-hybridized carbons (Fsp3) is 0.833. The number of nitrogens with zero attached hydrogens (tertiary/aromatic N) is 1. The topological polar surface area (TPSA) is 49.4 Å². The molecule has 4 nitrogen and oxygen atoms in total. The van der Waals surface area contributed by atoms with Gasteiger partial charge < -0.3 is 10.2 Å². The normalized spacial score (nSPS) is 20.2. The van der Waals surface area contributed by atoms with E-state index in [-0.39, 0.29) is 17.9 Å². The van der Waals surface area contributed by atoms with Gasteiger partial charge in [0.25, 0.3) is 0 Å². The van der Waals surface area contributed by atoms with Crippen LogP contribution >= 0.6 is 0 Å². The van der Waals surface area contributed by atoms with Gasteiger partial charge >= 0.3 is 0 Å². The highest BCUT2D eigenvalue weighted by Gasteiger charge is 2.33. The van der Waals surface area contributed by atoms with Gasteiger partial charge in [0.05, 0.1) is 0 Å². The Morgan fingerprint density at radius 2 is 2.12 bits per heavy atom. The number of hydrogen-bond acceptors (Lipinski definition) is 2. The molecule has 0 radical (unpaired) electrons. The van der Waals surface area contributed by atoms with Crippen molar-refractivity contribution < 1.29 is 9.59 Å². The molecule has 0 saturated carbocycles. The van der Waals surface area contributed by atoms with E-state index >= 15 is 0 Å². The molecule has 0 aromatic rings. The van der Waals surface area contributed by atoms with Crippen molar-refractivity contribution in [1.82, 2.24) is 10.2 Å². The first-order chi connectivity index (χ1) is 7.56. The number of likely N-dealkylation sites (tertiary alicyclic amines) is 1. The highest BCUT2D eigenvalue weighted by Crippen LogP contribution is 2.19. The van der Waals surface area contributed by atoms with Gasteiger partial charge in [0.1, 0.15) is 6.04 Å². The maximum atomic E-state index is 11.9. The minimum Gasteiger partial charge on any atom is -0.355 e. The molecule has 0 bridgehead atoms. The number of rotatable bonds is 4. The standard InChI is InChI=1S/C12H22N2O2/c1-4-13-12(16)10-6-5-7-14(10)11(15)8-9(2)3/h9-10H,4-8H2,1-3H3,(H,13,16). The lowest BCUT2D eigenvalue weighted by Crippen LogP contribution is -2.46. The Hall–Kier alpha value is -1.06. The molecule has 0 aliphatic carbocycles. The van der Waals surface area contributed by atoms with Crippen molar-refractivity contribution in [2.45, 2.75) is 46.1 Å². The molecule has 1 fully saturated rings. The molecule has 1 N–H and O–H groups in total. The Morgan fingerprint density at radius 3 is 2.69 bits per heavy atom. The smallest absolute Gasteiger partial charge is 0.242 e. The van der Waals surface area contributed by atoms with Crippen molar-refractivity contribution in [2.75, 3.05) is 13.1 Å². The van der Waals surface area contributed by atoms with Gasteiger partial charge in [-0.25, -0.2) is 0 Å². The predicted molar refractivity (Wildman–Crippen MR) is 62.9 cm³/mol. The molecule has 1 aliphatic rings. The van der Waals surface area contributed by atoms with E-state index in [1.807, 2.05) is 20.8 Å². The molecule has 0 aromatic heterocycles. The van der Waals surface area contributed by atoms with E-state index in [0.29, 0.717) is 18.9 Å². The zero-order valence-corrected chi connectivity index (χ0v) is 10.5. The molecule has 1 unspecified atom stereocenters. The van der Waals surface area contributed by atoms with Gasteiger partial charge in [-0.2, -0.15) is 0 Å². The van der Waals surface area contributed by atoms with Crippen molar-refractivity contribution in [3.63, 3.8) is 0 Å². The van der Waals surface area contributed by atoms with Crippen LogP contribution in [0.25, 0.3) is 0 Å². The molecule has 16 heavy (non-hydrogen) atoms. The lowest BCUT2D eigenvalue weighted by atomic mass is 10.1. The molecule has 1 rings (SSSR count). The summed E-state index contributed by atoms with van der Waals surface area (Å²) >= 11 is 0. The largest absolute Gasteiger partial charge is 0.355 e. The van der Waals surface area contributed by atoms with Crippen LogP contribution < -0.4 is 5.32 Å². The van der Waals surface area contributed by atoms with E-state index in [0.717, 1.165) is 19.4 Å². The lowest BCUT2D eigenvalue weighted by Gasteiger charge is -2.24. The molecule has 1 saturated heterocycles. The van der Waals surface area contributed by atoms with E-state index < -0.39 is 0 Å². The Kier molecular flexibility index (Phi) is 4.77. The first kappa shape index (κ1) is 13.0. The average molecular weight is 226 g/mol. The number of amides is 2. The monoisotopic (exact) mass is 226 g/mol. The van der Waals surface area contributed by atoms with E-state index in [2.05, 4.69) is 5.32 Å². The Bertz CT molecular complexity index is 264. The summed E-state index contributed by atoms with van der Waals surface area (Å²) in [6.45, 7) is 7.30. The molecule has 4 heteroatoms. The number of carbonyl (C=O) groups excluding carboxylic acids is 2. The zero-order chi connectivity index (χ0) is 12.1. The van der Waals surface area contributed by atoms with E-state index in [9.17, 15) is 9.59 Å². The predicted octanol–water partition coefficient (Wildman–Crippen LogP) is 1.16. The molecule has 0 spiro atoms. The second-order valence-electron chi connectivity index (χ2n) is 4.74. The first-order valence-electron chi connectivity index (χ1n) is 6.13. The molecule has 1 heterocycles. The summed E-state index contributed by atoms with van der Waals surface area (Å²) in [5.41, 5.74) is 0. The second-order valence-corrected chi connectivity index (χ2v) is 4.74. The number of hydrogen-bond donors (Lipinski definition) is 1. The summed E-state index contributed by atoms with van der Waals surface area (Å²) < 4.78 is 0. The third kappa shape index (κ3) is 3.22. The van der Waals surface area contributed by atoms with Gasteiger partial charge in [0.15, 0.2) is 0 Å². The van der Waals surface area contributed by atoms with Crippen LogP contribution in [0.1, 0.15) is 40.0 Å². The molecule has 92 valence electrons. The average Bonchev–Trinajstić information content (AvgIpc) is 2.65. The summed E-state index contributed by atoms with van der Waals surface area (Å²) in [5.74, 6) is 0.462. The number of likely N-dealkylation sites (N-methyl/N-ethyl adjacent to an activating group) is 1. The Labute approximate surface area is 97.4 Å². The van der Waals surface area contributed by atoms with E-state index in [4.69, 9.17) is 0 Å². The molecule has 1 aliphatic heterocycles. The van der Waals surface area contributed by atoms with Crippen LogP contribution in [0.15, 0.2) is 0 Å². The fourth-order valence-corrected chi connectivity index (χ4v) is 2.10. The van der Waals surface area contributed by atoms with Gasteiger partial charge in [0, 0.05) is 19.5 Å². The molecule has 2 amide bonds. The summed E-state index contributed by atoms with van der Waals surface area (Å²) in [6, 6.07) is -0.230. The minimum atomic E-state index is -0.230. The van der Waals surface area contributed by atoms with Gasteiger partial charge in [-0.15, -0.1) is 0 Å². The van der Waals surface area contributed by atoms with Crippen LogP contribution in [0, 0.1) is 5.92 Å². The highest BCUT2D eigenvalue weighted by atomic mass is 16.2. The summed E-state index contributed by atoms with van der Waals surface area (Å²) in [5, 5.41) is 2.79. The fourth-order valence-electron chi connectivity index (χ4n) is 2.10. The van der Waals surface area contributed by atoms with Gasteiger partial charge in [0.2, 0.25) is 11.8 Å². The van der Waals surface area contributed by atoms with Gasteiger partial charge in [-0.3, -0.25) is 9.59 Å². The van der Waals surface area contributed by atoms with Crippen LogP contribution in [0.2, 0.25) is 0 Å². The molecule has 1 atom stereocenters. The van der Waals surface area contributed by atoms with E-state index in [1.165, 1.54) is 0 Å². The third-order valence-corrected chi connectivity index (χ3v) is 2.81. The summed E-state index contributed by atoms with van der Waals surface area (Å²) in [7, 11) is 0. The second kappa shape index (κ2) is 5.87. The SMILES string of the molecule is CCNC(=O)C1CCCN1C(=O)CC(C)C. The van der Waals surface area contributed by atoms with E-state index in [1.54, 1.807) is 4.90 Å². The molecular formula is C12H22N2O2.